The first-order chi connectivity index (χ1) is 7.22. The van der Waals surface area contributed by atoms with Gasteiger partial charge in [-0.25, -0.2) is 4.79 Å². The Balaban J connectivity index is 2.10. The van der Waals surface area contributed by atoms with Crippen LogP contribution in [0.4, 0.5) is 4.79 Å². The standard InChI is InChI=1S/C11H21NO3/c12-11(14)15-10-6-4-9(5-7-10)3-1-2-8-13/h9-10,13H,1-8H2,(H2,12,14). The highest BCUT2D eigenvalue weighted by Crippen LogP contribution is 2.29. The summed E-state index contributed by atoms with van der Waals surface area (Å²) in [6, 6.07) is 0. The lowest BCUT2D eigenvalue weighted by Crippen LogP contribution is -2.27. The molecule has 1 amide bonds. The van der Waals surface area contributed by atoms with Gasteiger partial charge in [-0.15, -0.1) is 0 Å². The molecule has 1 aliphatic carbocycles. The van der Waals surface area contributed by atoms with Crippen molar-refractivity contribution < 1.29 is 14.6 Å². The Kier molecular flexibility index (Phi) is 5.47. The Morgan fingerprint density at radius 3 is 2.47 bits per heavy atom. The molecule has 0 saturated heterocycles. The number of carbonyl (C=O) groups excluding carboxylic acids is 1. The Labute approximate surface area is 90.8 Å². The number of aliphatic hydroxyl groups excluding tert-OH is 1. The van der Waals surface area contributed by atoms with Crippen molar-refractivity contribution in [3.05, 3.63) is 0 Å². The first-order valence-corrected chi connectivity index (χ1v) is 5.79. The van der Waals surface area contributed by atoms with Gasteiger partial charge in [-0.2, -0.15) is 0 Å². The number of hydrogen-bond donors (Lipinski definition) is 2. The van der Waals surface area contributed by atoms with Crippen LogP contribution < -0.4 is 5.73 Å². The van der Waals surface area contributed by atoms with E-state index in [0.717, 1.165) is 44.4 Å². The molecule has 1 aliphatic rings. The van der Waals surface area contributed by atoms with Crippen LogP contribution in [0, 0.1) is 5.92 Å². The van der Waals surface area contributed by atoms with Crippen LogP contribution in [0.2, 0.25) is 0 Å². The van der Waals surface area contributed by atoms with Crippen molar-refractivity contribution in [2.75, 3.05) is 6.61 Å². The molecular formula is C11H21NO3. The number of aliphatic hydroxyl groups is 1. The number of amides is 1. The summed E-state index contributed by atoms with van der Waals surface area (Å²) >= 11 is 0. The molecule has 3 N–H and O–H groups in total. The molecule has 0 aliphatic heterocycles. The van der Waals surface area contributed by atoms with Gasteiger partial charge in [0.25, 0.3) is 0 Å². The van der Waals surface area contributed by atoms with E-state index in [1.54, 1.807) is 0 Å². The van der Waals surface area contributed by atoms with E-state index in [0.29, 0.717) is 6.61 Å². The average Bonchev–Trinajstić information content (AvgIpc) is 2.20. The van der Waals surface area contributed by atoms with Crippen molar-refractivity contribution in [3.8, 4) is 0 Å². The minimum atomic E-state index is -0.654. The molecule has 4 heteroatoms. The Bertz CT molecular complexity index is 188. The third-order valence-electron chi connectivity index (χ3n) is 3.10. The van der Waals surface area contributed by atoms with E-state index in [9.17, 15) is 4.79 Å². The highest BCUT2D eigenvalue weighted by atomic mass is 16.6. The molecule has 4 nitrogen and oxygen atoms in total. The summed E-state index contributed by atoms with van der Waals surface area (Å²) in [5.41, 5.74) is 4.97. The molecule has 1 fully saturated rings. The van der Waals surface area contributed by atoms with Gasteiger partial charge in [-0.1, -0.05) is 12.8 Å². The summed E-state index contributed by atoms with van der Waals surface area (Å²) in [7, 11) is 0. The van der Waals surface area contributed by atoms with Gasteiger partial charge in [-0.05, 0) is 38.0 Å². The first-order valence-electron chi connectivity index (χ1n) is 5.79. The maximum atomic E-state index is 10.5. The molecule has 0 aromatic rings. The number of primary amides is 1. The van der Waals surface area contributed by atoms with Gasteiger partial charge in [0.05, 0.1) is 0 Å². The minimum Gasteiger partial charge on any atom is -0.446 e. The van der Waals surface area contributed by atoms with Crippen LogP contribution >= 0.6 is 0 Å². The Hall–Kier alpha value is -0.770. The molecule has 0 unspecified atom stereocenters. The number of ether oxygens (including phenoxy) is 1. The van der Waals surface area contributed by atoms with Crippen LogP contribution in [-0.2, 0) is 4.74 Å². The van der Waals surface area contributed by atoms with Crippen molar-refractivity contribution in [2.24, 2.45) is 11.7 Å². The SMILES string of the molecule is NC(=O)OC1CCC(CCCCO)CC1. The number of rotatable bonds is 5. The average molecular weight is 215 g/mol. The summed E-state index contributed by atoms with van der Waals surface area (Å²) in [4.78, 5) is 10.5. The molecule has 0 atom stereocenters. The molecule has 0 radical (unpaired) electrons. The van der Waals surface area contributed by atoms with Crippen molar-refractivity contribution >= 4 is 6.09 Å². The Morgan fingerprint density at radius 1 is 1.27 bits per heavy atom. The van der Waals surface area contributed by atoms with Crippen LogP contribution in [0.1, 0.15) is 44.9 Å². The maximum absolute atomic E-state index is 10.5. The van der Waals surface area contributed by atoms with Crippen molar-refractivity contribution in [2.45, 2.75) is 51.0 Å². The van der Waals surface area contributed by atoms with E-state index in [-0.39, 0.29) is 6.10 Å². The van der Waals surface area contributed by atoms with Crippen molar-refractivity contribution in [1.82, 2.24) is 0 Å². The van der Waals surface area contributed by atoms with E-state index >= 15 is 0 Å². The van der Waals surface area contributed by atoms with Gasteiger partial charge >= 0.3 is 6.09 Å². The Morgan fingerprint density at radius 2 is 1.93 bits per heavy atom. The number of nitrogens with two attached hydrogens (primary N) is 1. The van der Waals surface area contributed by atoms with E-state index in [1.165, 1.54) is 6.42 Å². The largest absolute Gasteiger partial charge is 0.446 e. The molecule has 88 valence electrons. The maximum Gasteiger partial charge on any atom is 0.404 e. The zero-order chi connectivity index (χ0) is 11.1. The zero-order valence-electron chi connectivity index (χ0n) is 9.15. The number of unbranched alkanes of at least 4 members (excludes halogenated alkanes) is 1. The minimum absolute atomic E-state index is 0.0385. The second-order valence-corrected chi connectivity index (χ2v) is 4.30. The van der Waals surface area contributed by atoms with Crippen LogP contribution in [0.3, 0.4) is 0 Å². The highest BCUT2D eigenvalue weighted by Gasteiger charge is 2.22. The monoisotopic (exact) mass is 215 g/mol. The van der Waals surface area contributed by atoms with Crippen molar-refractivity contribution in [1.29, 1.82) is 0 Å². The summed E-state index contributed by atoms with van der Waals surface area (Å²) in [5.74, 6) is 0.740. The van der Waals surface area contributed by atoms with Crippen LogP contribution in [-0.4, -0.2) is 23.9 Å². The molecule has 15 heavy (non-hydrogen) atoms. The number of carbonyl (C=O) groups is 1. The quantitative estimate of drug-likeness (QED) is 0.687. The molecule has 0 aromatic heterocycles. The summed E-state index contributed by atoms with van der Waals surface area (Å²) in [6.07, 6.45) is 6.67. The van der Waals surface area contributed by atoms with E-state index in [4.69, 9.17) is 15.6 Å². The number of hydrogen-bond acceptors (Lipinski definition) is 3. The fourth-order valence-electron chi connectivity index (χ4n) is 2.25. The van der Waals surface area contributed by atoms with Gasteiger partial charge in [0.15, 0.2) is 0 Å². The van der Waals surface area contributed by atoms with Crippen LogP contribution in [0.5, 0.6) is 0 Å². The van der Waals surface area contributed by atoms with Gasteiger partial charge in [0.2, 0.25) is 0 Å². The second-order valence-electron chi connectivity index (χ2n) is 4.30. The third kappa shape index (κ3) is 5.02. The van der Waals surface area contributed by atoms with Gasteiger partial charge in [-0.3, -0.25) is 0 Å². The summed E-state index contributed by atoms with van der Waals surface area (Å²) in [5, 5.41) is 8.67. The molecular weight excluding hydrogens is 194 g/mol. The van der Waals surface area contributed by atoms with Gasteiger partial charge < -0.3 is 15.6 Å². The predicted octanol–water partition coefficient (Wildman–Crippen LogP) is 1.80. The molecule has 0 spiro atoms. The van der Waals surface area contributed by atoms with Crippen molar-refractivity contribution in [3.63, 3.8) is 0 Å². The fraction of sp³-hybridized carbons (Fsp3) is 0.909. The van der Waals surface area contributed by atoms with E-state index < -0.39 is 6.09 Å². The van der Waals surface area contributed by atoms with Crippen LogP contribution in [0.15, 0.2) is 0 Å². The zero-order valence-corrected chi connectivity index (χ0v) is 9.15. The normalized spacial score (nSPS) is 26.2. The third-order valence-corrected chi connectivity index (χ3v) is 3.10. The lowest BCUT2D eigenvalue weighted by atomic mass is 9.84. The van der Waals surface area contributed by atoms with Crippen LogP contribution in [0.25, 0.3) is 0 Å². The predicted molar refractivity (Wildman–Crippen MR) is 57.4 cm³/mol. The lowest BCUT2D eigenvalue weighted by Gasteiger charge is -2.27. The summed E-state index contributed by atoms with van der Waals surface area (Å²) in [6.45, 7) is 0.292. The molecule has 0 aromatic carbocycles. The second kappa shape index (κ2) is 6.67. The fourth-order valence-corrected chi connectivity index (χ4v) is 2.25. The van der Waals surface area contributed by atoms with Gasteiger partial charge in [0, 0.05) is 6.61 Å². The molecule has 1 rings (SSSR count). The van der Waals surface area contributed by atoms with E-state index in [2.05, 4.69) is 0 Å². The summed E-state index contributed by atoms with van der Waals surface area (Å²) < 4.78 is 4.96. The molecule has 0 bridgehead atoms. The van der Waals surface area contributed by atoms with Gasteiger partial charge in [0.1, 0.15) is 6.10 Å². The van der Waals surface area contributed by atoms with E-state index in [1.807, 2.05) is 0 Å². The topological polar surface area (TPSA) is 72.6 Å². The smallest absolute Gasteiger partial charge is 0.404 e. The molecule has 1 saturated carbocycles. The highest BCUT2D eigenvalue weighted by molar-refractivity contribution is 5.64. The lowest BCUT2D eigenvalue weighted by molar-refractivity contribution is 0.0693. The molecule has 0 heterocycles. The first kappa shape index (κ1) is 12.3.